The lowest BCUT2D eigenvalue weighted by Gasteiger charge is -2.33. The minimum Gasteiger partial charge on any atom is -0.385 e. The number of hydrogen-bond acceptors (Lipinski definition) is 2. The number of ether oxygens (including phenoxy) is 1. The Bertz CT molecular complexity index is 938. The summed E-state index contributed by atoms with van der Waals surface area (Å²) in [6.07, 6.45) is 2.89. The quantitative estimate of drug-likeness (QED) is 0.502. The van der Waals surface area contributed by atoms with Gasteiger partial charge in [0.1, 0.15) is 0 Å². The summed E-state index contributed by atoms with van der Waals surface area (Å²) in [5, 5.41) is 1.89. The summed E-state index contributed by atoms with van der Waals surface area (Å²) in [5.74, 6) is 0. The maximum atomic E-state index is 11.6. The molecular formula is C22H24BrClN2O2. The van der Waals surface area contributed by atoms with E-state index in [2.05, 4.69) is 40.0 Å². The summed E-state index contributed by atoms with van der Waals surface area (Å²) in [5.41, 5.74) is 4.50. The molecule has 0 saturated heterocycles. The normalized spacial score (nSPS) is 15.7. The molecule has 1 unspecified atom stereocenters. The van der Waals surface area contributed by atoms with Crippen LogP contribution < -0.4 is 0 Å². The average molecular weight is 464 g/mol. The molecule has 4 rings (SSSR count). The zero-order valence-corrected chi connectivity index (χ0v) is 18.4. The lowest BCUT2D eigenvalue weighted by atomic mass is 9.93. The molecule has 28 heavy (non-hydrogen) atoms. The van der Waals surface area contributed by atoms with Crippen molar-refractivity contribution in [2.45, 2.75) is 25.8 Å². The van der Waals surface area contributed by atoms with E-state index in [9.17, 15) is 4.79 Å². The van der Waals surface area contributed by atoms with E-state index in [0.29, 0.717) is 6.54 Å². The van der Waals surface area contributed by atoms with E-state index in [1.54, 1.807) is 7.11 Å². The van der Waals surface area contributed by atoms with Crippen molar-refractivity contribution < 1.29 is 9.53 Å². The van der Waals surface area contributed by atoms with Crippen molar-refractivity contribution in [3.8, 4) is 0 Å². The number of amides is 1. The Hall–Kier alpha value is -1.82. The molecule has 4 nitrogen and oxygen atoms in total. The Morgan fingerprint density at radius 1 is 1.29 bits per heavy atom. The number of aromatic amines is 1. The summed E-state index contributed by atoms with van der Waals surface area (Å²) in [6.45, 7) is 3.68. The van der Waals surface area contributed by atoms with Gasteiger partial charge >= 0.3 is 0 Å². The van der Waals surface area contributed by atoms with Crippen molar-refractivity contribution in [2.24, 2.45) is 0 Å². The fourth-order valence-electron chi connectivity index (χ4n) is 3.60. The first kappa shape index (κ1) is 20.9. The molecule has 1 aliphatic heterocycles. The van der Waals surface area contributed by atoms with Crippen LogP contribution in [0.25, 0.3) is 10.9 Å². The van der Waals surface area contributed by atoms with Gasteiger partial charge < -0.3 is 14.6 Å². The van der Waals surface area contributed by atoms with Crippen molar-refractivity contribution in [3.05, 3.63) is 68.8 Å². The Morgan fingerprint density at radius 2 is 2.04 bits per heavy atom. The molecule has 1 aliphatic rings. The number of nitrogens with one attached hydrogen (secondary N) is 1. The number of fused-ring (bicyclic) bond motifs is 3. The Balaban J connectivity index is 0.000000403. The molecule has 0 aliphatic carbocycles. The van der Waals surface area contributed by atoms with Gasteiger partial charge in [0.2, 0.25) is 6.41 Å². The van der Waals surface area contributed by atoms with Crippen LogP contribution in [0.5, 0.6) is 0 Å². The van der Waals surface area contributed by atoms with E-state index >= 15 is 0 Å². The van der Waals surface area contributed by atoms with Gasteiger partial charge in [-0.2, -0.15) is 0 Å². The van der Waals surface area contributed by atoms with Gasteiger partial charge in [-0.25, -0.2) is 0 Å². The maximum Gasteiger partial charge on any atom is 0.210 e. The predicted molar refractivity (Wildman–Crippen MR) is 118 cm³/mol. The first-order valence-electron chi connectivity index (χ1n) is 9.34. The van der Waals surface area contributed by atoms with Crippen molar-refractivity contribution in [1.82, 2.24) is 9.88 Å². The number of carbonyl (C=O) groups is 1. The standard InChI is InChI=1S/C18H14BrClN2O.C4H10O/c19-12-3-1-11(2-4-12)18-17-14(7-8-22(18)10-23)15-9-13(20)5-6-16(15)21-17;1-3-4-5-2/h1-6,9-10,18,21H,7-8H2;3-4H2,1-2H3. The Labute approximate surface area is 179 Å². The minimum absolute atomic E-state index is 0.0875. The van der Waals surface area contributed by atoms with Gasteiger partial charge in [-0.3, -0.25) is 4.79 Å². The van der Waals surface area contributed by atoms with E-state index in [-0.39, 0.29) is 6.04 Å². The van der Waals surface area contributed by atoms with Crippen LogP contribution in [0.2, 0.25) is 5.02 Å². The van der Waals surface area contributed by atoms with Gasteiger partial charge in [-0.1, -0.05) is 46.6 Å². The van der Waals surface area contributed by atoms with Gasteiger partial charge in [-0.05, 0) is 54.3 Å². The number of nitrogens with zero attached hydrogens (tertiary/aromatic N) is 1. The molecule has 3 aromatic rings. The highest BCUT2D eigenvalue weighted by molar-refractivity contribution is 9.10. The molecule has 1 atom stereocenters. The third kappa shape index (κ3) is 4.43. The molecule has 2 aromatic carbocycles. The van der Waals surface area contributed by atoms with Crippen LogP contribution >= 0.6 is 27.5 Å². The van der Waals surface area contributed by atoms with Crippen LogP contribution in [-0.4, -0.2) is 36.6 Å². The number of hydrogen-bond donors (Lipinski definition) is 1. The molecule has 0 fully saturated rings. The molecule has 0 bridgehead atoms. The van der Waals surface area contributed by atoms with Crippen molar-refractivity contribution in [1.29, 1.82) is 0 Å². The lowest BCUT2D eigenvalue weighted by Crippen LogP contribution is -2.34. The van der Waals surface area contributed by atoms with Crippen LogP contribution in [0.1, 0.15) is 36.2 Å². The highest BCUT2D eigenvalue weighted by Gasteiger charge is 2.30. The van der Waals surface area contributed by atoms with Gasteiger partial charge in [0.25, 0.3) is 0 Å². The number of rotatable bonds is 4. The summed E-state index contributed by atoms with van der Waals surface area (Å²) < 4.78 is 5.72. The van der Waals surface area contributed by atoms with Crippen LogP contribution in [0, 0.1) is 0 Å². The number of carbonyl (C=O) groups excluding carboxylic acids is 1. The maximum absolute atomic E-state index is 11.6. The monoisotopic (exact) mass is 462 g/mol. The fraction of sp³-hybridized carbons (Fsp3) is 0.318. The summed E-state index contributed by atoms with van der Waals surface area (Å²) >= 11 is 9.62. The average Bonchev–Trinajstić information content (AvgIpc) is 3.07. The first-order chi connectivity index (χ1) is 13.6. The fourth-order valence-corrected chi connectivity index (χ4v) is 4.04. The SMILES string of the molecule is CCCOC.O=CN1CCc2c([nH]c3ccc(Cl)cc23)C1c1ccc(Br)cc1. The molecule has 1 amide bonds. The zero-order chi connectivity index (χ0) is 20.1. The smallest absolute Gasteiger partial charge is 0.210 e. The van der Waals surface area contributed by atoms with Gasteiger partial charge in [0.15, 0.2) is 0 Å². The lowest BCUT2D eigenvalue weighted by molar-refractivity contribution is -0.120. The van der Waals surface area contributed by atoms with Crippen LogP contribution in [0.4, 0.5) is 0 Å². The molecule has 0 spiro atoms. The van der Waals surface area contributed by atoms with E-state index in [4.69, 9.17) is 16.3 Å². The van der Waals surface area contributed by atoms with E-state index in [1.165, 1.54) is 5.56 Å². The van der Waals surface area contributed by atoms with Crippen molar-refractivity contribution >= 4 is 44.8 Å². The largest absolute Gasteiger partial charge is 0.385 e. The highest BCUT2D eigenvalue weighted by Crippen LogP contribution is 2.38. The topological polar surface area (TPSA) is 45.3 Å². The van der Waals surface area contributed by atoms with Crippen molar-refractivity contribution in [2.75, 3.05) is 20.3 Å². The number of benzene rings is 2. The van der Waals surface area contributed by atoms with Crippen LogP contribution in [-0.2, 0) is 16.0 Å². The summed E-state index contributed by atoms with van der Waals surface area (Å²) in [6, 6.07) is 13.9. The number of methoxy groups -OCH3 is 1. The molecule has 6 heteroatoms. The second-order valence-electron chi connectivity index (χ2n) is 6.75. The number of H-pyrrole nitrogens is 1. The van der Waals surface area contributed by atoms with Crippen LogP contribution in [0.3, 0.4) is 0 Å². The van der Waals surface area contributed by atoms with E-state index in [0.717, 1.165) is 57.5 Å². The first-order valence-corrected chi connectivity index (χ1v) is 10.5. The van der Waals surface area contributed by atoms with Crippen molar-refractivity contribution in [3.63, 3.8) is 0 Å². The second kappa shape index (κ2) is 9.59. The van der Waals surface area contributed by atoms with Gasteiger partial charge in [0, 0.05) is 46.4 Å². The third-order valence-corrected chi connectivity index (χ3v) is 5.62. The molecule has 0 saturated carbocycles. The van der Waals surface area contributed by atoms with Crippen LogP contribution in [0.15, 0.2) is 46.9 Å². The van der Waals surface area contributed by atoms with E-state index < -0.39 is 0 Å². The zero-order valence-electron chi connectivity index (χ0n) is 16.0. The number of aromatic nitrogens is 1. The summed E-state index contributed by atoms with van der Waals surface area (Å²) in [7, 11) is 1.71. The predicted octanol–water partition coefficient (Wildman–Crippen LogP) is 5.73. The van der Waals surface area contributed by atoms with Gasteiger partial charge in [0.05, 0.1) is 6.04 Å². The molecule has 2 heterocycles. The third-order valence-electron chi connectivity index (χ3n) is 4.86. The number of halogens is 2. The molecular weight excluding hydrogens is 440 g/mol. The Kier molecular flexibility index (Phi) is 7.16. The van der Waals surface area contributed by atoms with Gasteiger partial charge in [-0.15, -0.1) is 0 Å². The molecule has 0 radical (unpaired) electrons. The van der Waals surface area contributed by atoms with E-state index in [1.807, 2.05) is 35.2 Å². The molecule has 1 N–H and O–H groups in total. The second-order valence-corrected chi connectivity index (χ2v) is 8.10. The highest BCUT2D eigenvalue weighted by atomic mass is 79.9. The molecule has 1 aromatic heterocycles. The summed E-state index contributed by atoms with van der Waals surface area (Å²) in [4.78, 5) is 16.9. The minimum atomic E-state index is -0.0875. The molecule has 148 valence electrons. The Morgan fingerprint density at radius 3 is 2.64 bits per heavy atom.